The Hall–Kier alpha value is -0.220. The molecule has 0 bridgehead atoms. The van der Waals surface area contributed by atoms with Crippen molar-refractivity contribution in [1.29, 1.82) is 0 Å². The highest BCUT2D eigenvalue weighted by Gasteiger charge is 2.47. The summed E-state index contributed by atoms with van der Waals surface area (Å²) in [5, 5.41) is 5.00. The van der Waals surface area contributed by atoms with Crippen molar-refractivity contribution < 1.29 is 4.79 Å². The summed E-state index contributed by atoms with van der Waals surface area (Å²) in [6.45, 7) is 2.38. The van der Waals surface area contributed by atoms with Crippen LogP contribution in [0.25, 0.3) is 0 Å². The van der Waals surface area contributed by atoms with Crippen LogP contribution in [0.5, 0.6) is 0 Å². The van der Waals surface area contributed by atoms with Gasteiger partial charge in [0.05, 0.1) is 5.54 Å². The van der Waals surface area contributed by atoms with E-state index in [1.54, 1.807) is 0 Å². The van der Waals surface area contributed by atoms with E-state index in [1.165, 1.54) is 38.5 Å². The molecule has 3 fully saturated rings. The van der Waals surface area contributed by atoms with Crippen LogP contribution in [0.4, 0.5) is 0 Å². The number of rotatable bonds is 5. The number of thioether (sulfide) groups is 1. The molecular formula is C16H28N2OS. The monoisotopic (exact) mass is 296 g/mol. The molecule has 3 nitrogen and oxygen atoms in total. The Bertz CT molecular complexity index is 371. The van der Waals surface area contributed by atoms with Gasteiger partial charge in [0.1, 0.15) is 0 Å². The van der Waals surface area contributed by atoms with E-state index < -0.39 is 0 Å². The van der Waals surface area contributed by atoms with Crippen molar-refractivity contribution in [2.75, 3.05) is 0 Å². The van der Waals surface area contributed by atoms with E-state index in [0.717, 1.165) is 30.4 Å². The van der Waals surface area contributed by atoms with Crippen molar-refractivity contribution in [1.82, 2.24) is 5.32 Å². The molecule has 0 heterocycles. The lowest BCUT2D eigenvalue weighted by Gasteiger charge is -2.30. The van der Waals surface area contributed by atoms with Gasteiger partial charge in [0.2, 0.25) is 5.91 Å². The molecule has 3 rings (SSSR count). The molecule has 114 valence electrons. The summed E-state index contributed by atoms with van der Waals surface area (Å²) in [5.74, 6) is 0.762. The molecule has 0 saturated heterocycles. The zero-order valence-electron chi connectivity index (χ0n) is 12.6. The Kier molecular flexibility index (Phi) is 4.32. The van der Waals surface area contributed by atoms with Crippen LogP contribution in [0.2, 0.25) is 0 Å². The molecule has 1 amide bonds. The average Bonchev–Trinajstić information content (AvgIpc) is 3.10. The minimum atomic E-state index is -0.390. The summed E-state index contributed by atoms with van der Waals surface area (Å²) in [6, 6.07) is 0.556. The van der Waals surface area contributed by atoms with Gasteiger partial charge in [-0.2, -0.15) is 11.8 Å². The van der Waals surface area contributed by atoms with Gasteiger partial charge in [-0.25, -0.2) is 0 Å². The van der Waals surface area contributed by atoms with Gasteiger partial charge >= 0.3 is 0 Å². The number of carbonyl (C=O) groups is 1. The Labute approximate surface area is 126 Å². The molecular weight excluding hydrogens is 268 g/mol. The lowest BCUT2D eigenvalue weighted by atomic mass is 9.91. The smallest absolute Gasteiger partial charge is 0.237 e. The van der Waals surface area contributed by atoms with Crippen LogP contribution in [0.15, 0.2) is 0 Å². The summed E-state index contributed by atoms with van der Waals surface area (Å²) in [5.41, 5.74) is 5.33. The largest absolute Gasteiger partial charge is 0.368 e. The summed E-state index contributed by atoms with van der Waals surface area (Å²) in [7, 11) is 0. The number of nitrogens with two attached hydrogens (primary N) is 1. The molecule has 4 atom stereocenters. The second-order valence-electron chi connectivity index (χ2n) is 7.26. The van der Waals surface area contributed by atoms with E-state index in [-0.39, 0.29) is 11.4 Å². The first-order valence-electron chi connectivity index (χ1n) is 8.30. The Balaban J connectivity index is 1.55. The molecule has 3 N–H and O–H groups in total. The first-order chi connectivity index (χ1) is 9.57. The van der Waals surface area contributed by atoms with Crippen molar-refractivity contribution in [3.8, 4) is 0 Å². The summed E-state index contributed by atoms with van der Waals surface area (Å²) < 4.78 is 0. The van der Waals surface area contributed by atoms with E-state index in [2.05, 4.69) is 24.0 Å². The van der Waals surface area contributed by atoms with E-state index in [0.29, 0.717) is 11.3 Å². The lowest BCUT2D eigenvalue weighted by molar-refractivity contribution is -0.124. The molecule has 20 heavy (non-hydrogen) atoms. The predicted octanol–water partition coefficient (Wildman–Crippen LogP) is 2.83. The van der Waals surface area contributed by atoms with Crippen LogP contribution in [-0.4, -0.2) is 28.0 Å². The minimum absolute atomic E-state index is 0.121. The normalized spacial score (nSPS) is 41.8. The fourth-order valence-electron chi connectivity index (χ4n) is 3.93. The van der Waals surface area contributed by atoms with Gasteiger partial charge in [-0.3, -0.25) is 4.79 Å². The number of nitrogens with one attached hydrogen (secondary N) is 1. The van der Waals surface area contributed by atoms with Gasteiger partial charge < -0.3 is 11.1 Å². The second-order valence-corrected chi connectivity index (χ2v) is 8.87. The van der Waals surface area contributed by atoms with Crippen LogP contribution in [0, 0.1) is 5.92 Å². The van der Waals surface area contributed by atoms with Gasteiger partial charge in [0, 0.05) is 16.5 Å². The average molecular weight is 296 g/mol. The van der Waals surface area contributed by atoms with Crippen LogP contribution < -0.4 is 11.1 Å². The molecule has 0 aromatic carbocycles. The highest BCUT2D eigenvalue weighted by Crippen LogP contribution is 2.43. The third-order valence-corrected chi connectivity index (χ3v) is 6.87. The highest BCUT2D eigenvalue weighted by atomic mass is 32.2. The molecule has 0 aromatic rings. The molecule has 0 aromatic heterocycles. The SMILES string of the molecule is CC1CCCC(SC2CCC(NC3CC3)(C(N)=O)C2)C1. The van der Waals surface area contributed by atoms with Crippen molar-refractivity contribution in [2.24, 2.45) is 11.7 Å². The molecule has 0 radical (unpaired) electrons. The number of carbonyl (C=O) groups excluding carboxylic acids is 1. The maximum absolute atomic E-state index is 11.9. The predicted molar refractivity (Wildman–Crippen MR) is 84.7 cm³/mol. The summed E-state index contributed by atoms with van der Waals surface area (Å²) >= 11 is 2.15. The van der Waals surface area contributed by atoms with Gasteiger partial charge in [0.25, 0.3) is 0 Å². The zero-order valence-corrected chi connectivity index (χ0v) is 13.4. The van der Waals surface area contributed by atoms with Crippen LogP contribution >= 0.6 is 11.8 Å². The Morgan fingerprint density at radius 3 is 2.65 bits per heavy atom. The first-order valence-corrected chi connectivity index (χ1v) is 9.25. The number of primary amides is 1. The topological polar surface area (TPSA) is 55.1 Å². The molecule has 3 aliphatic rings. The first kappa shape index (κ1) is 14.7. The number of amides is 1. The fraction of sp³-hybridized carbons (Fsp3) is 0.938. The maximum Gasteiger partial charge on any atom is 0.237 e. The van der Waals surface area contributed by atoms with Gasteiger partial charge in [-0.15, -0.1) is 0 Å². The third-order valence-electron chi connectivity index (χ3n) is 5.27. The van der Waals surface area contributed by atoms with Crippen molar-refractivity contribution >= 4 is 17.7 Å². The summed E-state index contributed by atoms with van der Waals surface area (Å²) in [6.07, 6.45) is 11.0. The van der Waals surface area contributed by atoms with Crippen molar-refractivity contribution in [3.05, 3.63) is 0 Å². The molecule has 4 heteroatoms. The van der Waals surface area contributed by atoms with Crippen LogP contribution in [0.1, 0.15) is 64.7 Å². The van der Waals surface area contributed by atoms with Crippen LogP contribution in [-0.2, 0) is 4.79 Å². The third kappa shape index (κ3) is 3.33. The fourth-order valence-corrected chi connectivity index (χ4v) is 5.86. The van der Waals surface area contributed by atoms with Crippen molar-refractivity contribution in [3.63, 3.8) is 0 Å². The van der Waals surface area contributed by atoms with E-state index in [4.69, 9.17) is 5.73 Å². The van der Waals surface area contributed by atoms with Gasteiger partial charge in [-0.1, -0.05) is 19.8 Å². The van der Waals surface area contributed by atoms with Crippen molar-refractivity contribution in [2.45, 2.75) is 86.8 Å². The van der Waals surface area contributed by atoms with Crippen LogP contribution in [0.3, 0.4) is 0 Å². The minimum Gasteiger partial charge on any atom is -0.368 e. The molecule has 3 saturated carbocycles. The molecule has 0 spiro atoms. The zero-order chi connectivity index (χ0) is 14.2. The second kappa shape index (κ2) is 5.88. The van der Waals surface area contributed by atoms with Gasteiger partial charge in [0.15, 0.2) is 0 Å². The Morgan fingerprint density at radius 2 is 2.00 bits per heavy atom. The van der Waals surface area contributed by atoms with Gasteiger partial charge in [-0.05, 0) is 50.9 Å². The van der Waals surface area contributed by atoms with E-state index >= 15 is 0 Å². The lowest BCUT2D eigenvalue weighted by Crippen LogP contribution is -2.54. The molecule has 4 unspecified atom stereocenters. The van der Waals surface area contributed by atoms with E-state index in [1.807, 2.05) is 0 Å². The standard InChI is InChI=1S/C16H28N2OS/c1-11-3-2-4-13(9-11)20-14-7-8-16(10-14,15(17)19)18-12-5-6-12/h11-14,18H,2-10H2,1H3,(H2,17,19). The highest BCUT2D eigenvalue weighted by molar-refractivity contribution is 8.00. The molecule has 0 aliphatic heterocycles. The maximum atomic E-state index is 11.9. The van der Waals surface area contributed by atoms with E-state index in [9.17, 15) is 4.79 Å². The number of hydrogen-bond acceptors (Lipinski definition) is 3. The summed E-state index contributed by atoms with van der Waals surface area (Å²) in [4.78, 5) is 11.9. The quantitative estimate of drug-likeness (QED) is 0.820. The Morgan fingerprint density at radius 1 is 1.20 bits per heavy atom. The number of hydrogen-bond donors (Lipinski definition) is 2. The molecule has 3 aliphatic carbocycles.